The van der Waals surface area contributed by atoms with E-state index in [1.807, 2.05) is 26.8 Å². The Balaban J connectivity index is 1.52. The molecular weight excluding hydrogens is 621 g/mol. The summed E-state index contributed by atoms with van der Waals surface area (Å²) in [6.45, 7) is 7.99. The standard InChI is InChI=1S/C31H33F2N7O3S2/c1-16-12-21(36-19(4)34-16)14-22-15-24(27-29(37-22)40(30(39-27)28(32)33)26-8-6-7-11-43-26)38-23-10-9-20(13-25(23)45(5,41)42)31-35-17(2)18(3)44-31/h9-10,12-13,15,26,28H,6-8,11,14H2,1-5H3,(H,37,38). The van der Waals surface area contributed by atoms with Crippen molar-refractivity contribution in [3.63, 3.8) is 0 Å². The molecule has 10 nitrogen and oxygen atoms in total. The molecule has 1 unspecified atom stereocenters. The molecule has 1 fully saturated rings. The fourth-order valence-corrected chi connectivity index (χ4v) is 7.33. The van der Waals surface area contributed by atoms with Gasteiger partial charge in [-0.25, -0.2) is 42.1 Å². The van der Waals surface area contributed by atoms with E-state index in [1.165, 1.54) is 15.9 Å². The Labute approximate surface area is 263 Å². The SMILES string of the molecule is Cc1cc(Cc2cc(Nc3ccc(-c4nc(C)c(C)s4)cc3S(C)(=O)=O)c3nc(C(F)F)n(C4CCCCO4)c3n2)nc(C)n1. The Kier molecular flexibility index (Phi) is 8.39. The molecule has 6 rings (SSSR count). The molecule has 0 bridgehead atoms. The van der Waals surface area contributed by atoms with Crippen molar-refractivity contribution in [3.8, 4) is 10.6 Å². The number of alkyl halides is 2. The van der Waals surface area contributed by atoms with Gasteiger partial charge in [0.2, 0.25) is 0 Å². The largest absolute Gasteiger partial charge is 0.358 e. The van der Waals surface area contributed by atoms with E-state index in [1.54, 1.807) is 31.2 Å². The molecule has 236 valence electrons. The minimum absolute atomic E-state index is 0.0446. The van der Waals surface area contributed by atoms with E-state index in [0.29, 0.717) is 46.5 Å². The van der Waals surface area contributed by atoms with Crippen molar-refractivity contribution < 1.29 is 21.9 Å². The molecule has 14 heteroatoms. The van der Waals surface area contributed by atoms with E-state index in [0.717, 1.165) is 35.4 Å². The topological polar surface area (TPSA) is 125 Å². The predicted molar refractivity (Wildman–Crippen MR) is 169 cm³/mol. The van der Waals surface area contributed by atoms with Gasteiger partial charge in [0.1, 0.15) is 22.6 Å². The number of hydrogen-bond donors (Lipinski definition) is 1. The molecule has 45 heavy (non-hydrogen) atoms. The second-order valence-electron chi connectivity index (χ2n) is 11.3. The van der Waals surface area contributed by atoms with Gasteiger partial charge in [0, 0.05) is 35.4 Å². The summed E-state index contributed by atoms with van der Waals surface area (Å²) in [5, 5.41) is 3.92. The third kappa shape index (κ3) is 6.44. The van der Waals surface area contributed by atoms with Crippen LogP contribution in [0.1, 0.15) is 71.2 Å². The van der Waals surface area contributed by atoms with Gasteiger partial charge in [0.15, 0.2) is 21.3 Å². The molecular formula is C31H33F2N7O3S2. The fraction of sp³-hybridized carbons (Fsp3) is 0.387. The third-order valence-electron chi connectivity index (χ3n) is 7.67. The molecule has 0 aliphatic carbocycles. The van der Waals surface area contributed by atoms with Gasteiger partial charge in [0.05, 0.1) is 33.4 Å². The number of thiazole rings is 1. The van der Waals surface area contributed by atoms with Crippen LogP contribution in [0, 0.1) is 27.7 Å². The van der Waals surface area contributed by atoms with Gasteiger partial charge in [-0.1, -0.05) is 0 Å². The second-order valence-corrected chi connectivity index (χ2v) is 14.5. The molecule has 1 atom stereocenters. The van der Waals surface area contributed by atoms with E-state index in [-0.39, 0.29) is 28.2 Å². The smallest absolute Gasteiger partial charge is 0.295 e. The zero-order chi connectivity index (χ0) is 32.0. The van der Waals surface area contributed by atoms with Crippen molar-refractivity contribution in [2.75, 3.05) is 18.2 Å². The van der Waals surface area contributed by atoms with Crippen LogP contribution in [0.25, 0.3) is 21.7 Å². The maximum absolute atomic E-state index is 14.5. The van der Waals surface area contributed by atoms with Gasteiger partial charge >= 0.3 is 0 Å². The molecule has 4 aromatic heterocycles. The van der Waals surface area contributed by atoms with Gasteiger partial charge in [-0.2, -0.15) is 0 Å². The van der Waals surface area contributed by atoms with Gasteiger partial charge in [0.25, 0.3) is 6.43 Å². The molecule has 1 aromatic carbocycles. The number of aryl methyl sites for hydroxylation is 4. The normalized spacial score (nSPS) is 15.7. The number of anilines is 2. The number of ether oxygens (including phenoxy) is 1. The van der Waals surface area contributed by atoms with Gasteiger partial charge < -0.3 is 10.1 Å². The number of hydrogen-bond acceptors (Lipinski definition) is 10. The number of nitrogens with zero attached hydrogens (tertiary/aromatic N) is 6. The summed E-state index contributed by atoms with van der Waals surface area (Å²) in [6, 6.07) is 8.59. The Morgan fingerprint density at radius 1 is 1.00 bits per heavy atom. The zero-order valence-electron chi connectivity index (χ0n) is 25.6. The lowest BCUT2D eigenvalue weighted by atomic mass is 10.1. The van der Waals surface area contributed by atoms with Crippen molar-refractivity contribution in [1.29, 1.82) is 0 Å². The monoisotopic (exact) mass is 653 g/mol. The van der Waals surface area contributed by atoms with Crippen LogP contribution in [0.15, 0.2) is 35.2 Å². The van der Waals surface area contributed by atoms with Crippen molar-refractivity contribution in [2.24, 2.45) is 0 Å². The Hall–Kier alpha value is -3.88. The number of nitrogens with one attached hydrogen (secondary N) is 1. The zero-order valence-corrected chi connectivity index (χ0v) is 27.2. The Bertz CT molecular complexity index is 1980. The number of sulfone groups is 1. The highest BCUT2D eigenvalue weighted by Gasteiger charge is 2.29. The van der Waals surface area contributed by atoms with Crippen LogP contribution in [-0.2, 0) is 21.0 Å². The van der Waals surface area contributed by atoms with Crippen LogP contribution < -0.4 is 5.32 Å². The number of halogens is 2. The molecule has 1 aliphatic rings. The van der Waals surface area contributed by atoms with Crippen LogP contribution in [0.2, 0.25) is 0 Å². The third-order valence-corrected chi connectivity index (χ3v) is 9.93. The first-order valence-corrected chi connectivity index (χ1v) is 17.3. The summed E-state index contributed by atoms with van der Waals surface area (Å²) in [5.41, 5.74) is 4.61. The van der Waals surface area contributed by atoms with E-state index < -0.39 is 28.3 Å². The molecule has 1 saturated heterocycles. The first kappa shape index (κ1) is 31.1. The lowest BCUT2D eigenvalue weighted by Crippen LogP contribution is -2.20. The molecule has 1 aliphatic heterocycles. The average Bonchev–Trinajstić information content (AvgIpc) is 3.52. The number of aromatic nitrogens is 6. The summed E-state index contributed by atoms with van der Waals surface area (Å²) in [7, 11) is -3.73. The van der Waals surface area contributed by atoms with Crippen LogP contribution >= 0.6 is 11.3 Å². The number of imidazole rings is 1. The van der Waals surface area contributed by atoms with Crippen LogP contribution in [0.5, 0.6) is 0 Å². The highest BCUT2D eigenvalue weighted by Crippen LogP contribution is 2.38. The molecule has 0 spiro atoms. The van der Waals surface area contributed by atoms with Gasteiger partial charge in [-0.3, -0.25) is 4.57 Å². The van der Waals surface area contributed by atoms with Crippen LogP contribution in [0.3, 0.4) is 0 Å². The van der Waals surface area contributed by atoms with Crippen molar-refractivity contribution in [3.05, 3.63) is 69.6 Å². The summed E-state index contributed by atoms with van der Waals surface area (Å²) in [4.78, 5) is 23.7. The summed E-state index contributed by atoms with van der Waals surface area (Å²) >= 11 is 1.48. The van der Waals surface area contributed by atoms with E-state index in [9.17, 15) is 17.2 Å². The minimum atomic E-state index is -3.73. The lowest BCUT2D eigenvalue weighted by Gasteiger charge is -2.25. The summed E-state index contributed by atoms with van der Waals surface area (Å²) in [5.74, 6) is 0.153. The van der Waals surface area contributed by atoms with Crippen molar-refractivity contribution >= 4 is 43.7 Å². The molecule has 0 radical (unpaired) electrons. The summed E-state index contributed by atoms with van der Waals surface area (Å²) in [6.07, 6.45) is 0.0877. The van der Waals surface area contributed by atoms with Crippen LogP contribution in [0.4, 0.5) is 20.2 Å². The molecule has 0 saturated carbocycles. The number of rotatable bonds is 8. The van der Waals surface area contributed by atoms with Gasteiger partial charge in [-0.15, -0.1) is 11.3 Å². The minimum Gasteiger partial charge on any atom is -0.358 e. The van der Waals surface area contributed by atoms with Gasteiger partial charge in [-0.05, 0) is 77.3 Å². The lowest BCUT2D eigenvalue weighted by molar-refractivity contribution is -0.0363. The first-order chi connectivity index (χ1) is 21.4. The molecule has 5 aromatic rings. The Morgan fingerprint density at radius 2 is 1.78 bits per heavy atom. The number of fused-ring (bicyclic) bond motifs is 1. The quantitative estimate of drug-likeness (QED) is 0.189. The highest BCUT2D eigenvalue weighted by molar-refractivity contribution is 7.90. The van der Waals surface area contributed by atoms with E-state index in [2.05, 4.69) is 25.3 Å². The van der Waals surface area contributed by atoms with Crippen LogP contribution in [-0.4, -0.2) is 50.8 Å². The summed E-state index contributed by atoms with van der Waals surface area (Å²) < 4.78 is 62.4. The average molecular weight is 654 g/mol. The van der Waals surface area contributed by atoms with Crippen molar-refractivity contribution in [1.82, 2.24) is 29.5 Å². The maximum atomic E-state index is 14.5. The number of benzene rings is 1. The molecule has 1 N–H and O–H groups in total. The van der Waals surface area contributed by atoms with E-state index >= 15 is 0 Å². The molecule has 0 amide bonds. The molecule has 5 heterocycles. The Morgan fingerprint density at radius 3 is 2.42 bits per heavy atom. The second kappa shape index (κ2) is 12.1. The first-order valence-electron chi connectivity index (χ1n) is 14.6. The maximum Gasteiger partial charge on any atom is 0.295 e. The van der Waals surface area contributed by atoms with E-state index in [4.69, 9.17) is 9.72 Å². The highest BCUT2D eigenvalue weighted by atomic mass is 32.2. The van der Waals surface area contributed by atoms with Crippen molar-refractivity contribution in [2.45, 2.75) is 70.9 Å². The number of pyridine rings is 1. The fourth-order valence-electron chi connectivity index (χ4n) is 5.56. The predicted octanol–water partition coefficient (Wildman–Crippen LogP) is 6.95.